The van der Waals surface area contributed by atoms with Crippen molar-refractivity contribution >= 4 is 27.8 Å². The van der Waals surface area contributed by atoms with Gasteiger partial charge in [0.2, 0.25) is 0 Å². The van der Waals surface area contributed by atoms with Gasteiger partial charge in [-0.25, -0.2) is 0 Å². The molecule has 0 atom stereocenters. The molecule has 1 rings (SSSR count). The highest BCUT2D eigenvalue weighted by atomic mass is 33.1. The highest BCUT2D eigenvalue weighted by Gasteiger charge is 1.96. The van der Waals surface area contributed by atoms with Crippen LogP contribution in [0.1, 0.15) is 26.7 Å². The van der Waals surface area contributed by atoms with E-state index in [0.29, 0.717) is 0 Å². The minimum absolute atomic E-state index is 1.11. The minimum atomic E-state index is 1.11. The Morgan fingerprint density at radius 1 is 1.36 bits per heavy atom. The van der Waals surface area contributed by atoms with Gasteiger partial charge < -0.3 is 0 Å². The molecule has 0 amide bonds. The predicted octanol–water partition coefficient (Wildman–Crippen LogP) is 3.73. The third-order valence-corrected chi connectivity index (χ3v) is 2.62. The molecule has 64 valence electrons. The molecule has 0 fully saturated rings. The average molecular weight is 189 g/mol. The Bertz CT molecular complexity index is 141. The van der Waals surface area contributed by atoms with E-state index in [-0.39, 0.29) is 0 Å². The zero-order valence-electron chi connectivity index (χ0n) is 7.33. The fourth-order valence-corrected chi connectivity index (χ4v) is 1.95. The quantitative estimate of drug-likeness (QED) is 0.614. The summed E-state index contributed by atoms with van der Waals surface area (Å²) in [6.07, 6.45) is 8.50. The van der Waals surface area contributed by atoms with E-state index in [4.69, 9.17) is 0 Å². The first-order valence-corrected chi connectivity index (χ1v) is 6.42. The second kappa shape index (κ2) is 8.21. The maximum Gasteiger partial charge on any atom is 0.102 e. The zero-order valence-corrected chi connectivity index (χ0v) is 8.97. The van der Waals surface area contributed by atoms with E-state index >= 15 is 0 Å². The fourth-order valence-electron chi connectivity index (χ4n) is 0.629. The van der Waals surface area contributed by atoms with Gasteiger partial charge in [-0.3, -0.25) is 4.99 Å². The monoisotopic (exact) mass is 189 g/mol. The van der Waals surface area contributed by atoms with Gasteiger partial charge in [-0.15, -0.1) is 0 Å². The van der Waals surface area contributed by atoms with Gasteiger partial charge in [0.15, 0.2) is 0 Å². The van der Waals surface area contributed by atoms with Crippen LogP contribution in [0.15, 0.2) is 16.1 Å². The molecule has 0 radical (unpaired) electrons. The van der Waals surface area contributed by atoms with Gasteiger partial charge in [0, 0.05) is 6.21 Å². The Balaban J connectivity index is 0.000000461. The molecule has 0 aromatic rings. The summed E-state index contributed by atoms with van der Waals surface area (Å²) in [5.41, 5.74) is 0. The van der Waals surface area contributed by atoms with E-state index in [9.17, 15) is 0 Å². The number of aliphatic imine (C=N–C) groups is 1. The van der Waals surface area contributed by atoms with Gasteiger partial charge in [-0.05, 0) is 29.9 Å². The first kappa shape index (κ1) is 11.1. The van der Waals surface area contributed by atoms with Gasteiger partial charge in [0.25, 0.3) is 0 Å². The first-order chi connectivity index (χ1) is 5.43. The summed E-state index contributed by atoms with van der Waals surface area (Å²) in [6, 6.07) is 0. The van der Waals surface area contributed by atoms with Gasteiger partial charge in [-0.2, -0.15) is 0 Å². The van der Waals surface area contributed by atoms with Crippen molar-refractivity contribution in [2.75, 3.05) is 6.26 Å². The summed E-state index contributed by atoms with van der Waals surface area (Å²) >= 11 is 0. The highest BCUT2D eigenvalue weighted by Crippen LogP contribution is 2.29. The van der Waals surface area contributed by atoms with Crippen LogP contribution in [0.4, 0.5) is 0 Å². The van der Waals surface area contributed by atoms with Crippen LogP contribution < -0.4 is 0 Å². The summed E-state index contributed by atoms with van der Waals surface area (Å²) in [5, 5.41) is 1.16. The molecule has 0 aromatic carbocycles. The number of allylic oxidation sites excluding steroid dienone is 1. The normalized spacial score (nSPS) is 15.0. The van der Waals surface area contributed by atoms with Crippen molar-refractivity contribution in [3.8, 4) is 0 Å². The Morgan fingerprint density at radius 3 is 2.55 bits per heavy atom. The van der Waals surface area contributed by atoms with Crippen molar-refractivity contribution in [3.05, 3.63) is 11.1 Å². The molecule has 0 N–H and O–H groups in total. The number of nitrogens with zero attached hydrogens (tertiary/aromatic N) is 1. The lowest BCUT2D eigenvalue weighted by molar-refractivity contribution is 1.08. The Hall–Kier alpha value is 0.110. The van der Waals surface area contributed by atoms with Gasteiger partial charge in [0.05, 0.1) is 0 Å². The molecular weight excluding hydrogens is 174 g/mol. The third-order valence-electron chi connectivity index (χ3n) is 1.00. The molecule has 0 aromatic heterocycles. The van der Waals surface area contributed by atoms with Gasteiger partial charge in [-0.1, -0.05) is 30.7 Å². The summed E-state index contributed by atoms with van der Waals surface area (Å²) in [7, 11) is 3.47. The van der Waals surface area contributed by atoms with E-state index in [0.717, 1.165) is 17.9 Å². The second-order valence-electron chi connectivity index (χ2n) is 1.68. The molecule has 1 nitrogen and oxygen atoms in total. The lowest BCUT2D eigenvalue weighted by Gasteiger charge is -2.01. The molecule has 0 spiro atoms. The van der Waals surface area contributed by atoms with Crippen molar-refractivity contribution in [1.82, 2.24) is 0 Å². The molecule has 1 aliphatic rings. The van der Waals surface area contributed by atoms with Crippen LogP contribution in [0.5, 0.6) is 0 Å². The molecule has 0 saturated heterocycles. The Labute approximate surface area is 77.1 Å². The average Bonchev–Trinajstić information content (AvgIpc) is 2.11. The van der Waals surface area contributed by atoms with Gasteiger partial charge in [0.1, 0.15) is 5.03 Å². The maximum atomic E-state index is 4.20. The highest BCUT2D eigenvalue weighted by molar-refractivity contribution is 8.77. The number of hydrogen-bond acceptors (Lipinski definition) is 3. The van der Waals surface area contributed by atoms with Gasteiger partial charge >= 0.3 is 0 Å². The van der Waals surface area contributed by atoms with Crippen LogP contribution in [0.25, 0.3) is 0 Å². The van der Waals surface area contributed by atoms with Crippen LogP contribution in [-0.2, 0) is 0 Å². The van der Waals surface area contributed by atoms with E-state index in [2.05, 4.69) is 17.3 Å². The molecule has 3 heteroatoms. The molecule has 0 bridgehead atoms. The summed E-state index contributed by atoms with van der Waals surface area (Å²) in [4.78, 5) is 4.20. The summed E-state index contributed by atoms with van der Waals surface area (Å²) in [6.45, 7) is 4.00. The first-order valence-electron chi connectivity index (χ1n) is 3.87. The molecule has 0 unspecified atom stereocenters. The number of hydrogen-bond donors (Lipinski definition) is 0. The smallest absolute Gasteiger partial charge is 0.102 e. The Kier molecular flexibility index (Phi) is 8.29. The topological polar surface area (TPSA) is 12.4 Å². The van der Waals surface area contributed by atoms with Crippen LogP contribution in [0, 0.1) is 0 Å². The molecule has 1 heterocycles. The van der Waals surface area contributed by atoms with Crippen LogP contribution >= 0.6 is 21.6 Å². The Morgan fingerprint density at radius 2 is 2.09 bits per heavy atom. The van der Waals surface area contributed by atoms with Crippen LogP contribution in [0.2, 0.25) is 0 Å². The van der Waals surface area contributed by atoms with E-state index in [1.807, 2.05) is 20.1 Å². The van der Waals surface area contributed by atoms with Crippen molar-refractivity contribution in [3.63, 3.8) is 0 Å². The lowest BCUT2D eigenvalue weighted by atomic mass is 10.3. The third kappa shape index (κ3) is 5.39. The van der Waals surface area contributed by atoms with E-state index in [1.54, 1.807) is 21.6 Å². The second-order valence-corrected chi connectivity index (χ2v) is 4.10. The summed E-state index contributed by atoms with van der Waals surface area (Å²) in [5.74, 6) is 0. The van der Waals surface area contributed by atoms with Crippen LogP contribution in [-0.4, -0.2) is 12.5 Å². The summed E-state index contributed by atoms with van der Waals surface area (Å²) < 4.78 is 0. The standard InChI is InChI=1S/C6H9NS2.C2H6/c1-8-9-6-4-2-3-5-7-6;1-2/h4-5H,2-3H2,1H3;1-2H3. The molecule has 0 aliphatic carbocycles. The van der Waals surface area contributed by atoms with E-state index < -0.39 is 0 Å². The zero-order chi connectivity index (χ0) is 8.53. The maximum absolute atomic E-state index is 4.20. The van der Waals surface area contributed by atoms with Crippen LogP contribution in [0.3, 0.4) is 0 Å². The van der Waals surface area contributed by atoms with Crippen molar-refractivity contribution < 1.29 is 0 Å². The van der Waals surface area contributed by atoms with E-state index in [1.165, 1.54) is 0 Å². The molecular formula is C8H15NS2. The largest absolute Gasteiger partial charge is 0.254 e. The van der Waals surface area contributed by atoms with Crippen molar-refractivity contribution in [2.45, 2.75) is 26.7 Å². The lowest BCUT2D eigenvalue weighted by Crippen LogP contribution is -1.82. The molecule has 11 heavy (non-hydrogen) atoms. The minimum Gasteiger partial charge on any atom is -0.254 e. The fraction of sp³-hybridized carbons (Fsp3) is 0.625. The number of rotatable bonds is 2. The molecule has 0 saturated carbocycles. The van der Waals surface area contributed by atoms with Crippen molar-refractivity contribution in [2.24, 2.45) is 4.99 Å². The predicted molar refractivity (Wildman–Crippen MR) is 58.3 cm³/mol. The SMILES string of the molecule is CC.CSSC1=CCCC=N1. The van der Waals surface area contributed by atoms with Crippen molar-refractivity contribution in [1.29, 1.82) is 0 Å². The molecule has 1 aliphatic heterocycles.